The van der Waals surface area contributed by atoms with Crippen molar-refractivity contribution in [3.05, 3.63) is 81.1 Å². The predicted octanol–water partition coefficient (Wildman–Crippen LogP) is 3.14. The molecule has 6 heteroatoms. The second kappa shape index (κ2) is 7.55. The highest BCUT2D eigenvalue weighted by molar-refractivity contribution is 6.33. The molecule has 1 N–H and O–H groups in total. The van der Waals surface area contributed by atoms with Gasteiger partial charge in [0.25, 0.3) is 5.91 Å². The molecule has 0 bridgehead atoms. The SMILES string of the molecule is O=C(c1ccccc1Cl)N1CCN(Cc2cc(=O)c3ccccc3[nH]2)CC1. The lowest BCUT2D eigenvalue weighted by Gasteiger charge is -2.34. The summed E-state index contributed by atoms with van der Waals surface area (Å²) in [6, 6.07) is 16.3. The fourth-order valence-electron chi connectivity index (χ4n) is 3.49. The van der Waals surface area contributed by atoms with Crippen LogP contribution in [0.5, 0.6) is 0 Å². The summed E-state index contributed by atoms with van der Waals surface area (Å²) in [6.45, 7) is 3.45. The van der Waals surface area contributed by atoms with Crippen LogP contribution in [-0.2, 0) is 6.54 Å². The summed E-state index contributed by atoms with van der Waals surface area (Å²) >= 11 is 6.15. The van der Waals surface area contributed by atoms with Crippen molar-refractivity contribution in [3.63, 3.8) is 0 Å². The van der Waals surface area contributed by atoms with E-state index in [1.54, 1.807) is 18.2 Å². The fourth-order valence-corrected chi connectivity index (χ4v) is 3.71. The van der Waals surface area contributed by atoms with E-state index >= 15 is 0 Å². The molecule has 1 aliphatic rings. The highest BCUT2D eigenvalue weighted by atomic mass is 35.5. The Balaban J connectivity index is 1.42. The third-order valence-electron chi connectivity index (χ3n) is 4.95. The van der Waals surface area contributed by atoms with E-state index in [1.165, 1.54) is 0 Å². The zero-order valence-electron chi connectivity index (χ0n) is 14.8. The molecule has 138 valence electrons. The van der Waals surface area contributed by atoms with E-state index < -0.39 is 0 Å². The van der Waals surface area contributed by atoms with Gasteiger partial charge < -0.3 is 9.88 Å². The first-order valence-electron chi connectivity index (χ1n) is 8.99. The quantitative estimate of drug-likeness (QED) is 0.758. The van der Waals surface area contributed by atoms with Gasteiger partial charge in [-0.05, 0) is 24.3 Å². The number of aromatic nitrogens is 1. The van der Waals surface area contributed by atoms with Gasteiger partial charge in [0.1, 0.15) is 0 Å². The molecule has 0 unspecified atom stereocenters. The second-order valence-corrected chi connectivity index (χ2v) is 7.16. The van der Waals surface area contributed by atoms with Gasteiger partial charge >= 0.3 is 0 Å². The number of carbonyl (C=O) groups is 1. The molecule has 2 heterocycles. The third kappa shape index (κ3) is 3.75. The number of hydrogen-bond donors (Lipinski definition) is 1. The topological polar surface area (TPSA) is 56.4 Å². The monoisotopic (exact) mass is 381 g/mol. The molecule has 0 aliphatic carbocycles. The van der Waals surface area contributed by atoms with Crippen molar-refractivity contribution in [3.8, 4) is 0 Å². The Hall–Kier alpha value is -2.63. The molecule has 27 heavy (non-hydrogen) atoms. The average Bonchev–Trinajstić information content (AvgIpc) is 2.68. The Morgan fingerprint density at radius 2 is 1.70 bits per heavy atom. The van der Waals surface area contributed by atoms with Crippen molar-refractivity contribution in [1.82, 2.24) is 14.8 Å². The highest BCUT2D eigenvalue weighted by Gasteiger charge is 2.23. The number of nitrogens with one attached hydrogen (secondary N) is 1. The summed E-state index contributed by atoms with van der Waals surface area (Å²) < 4.78 is 0. The summed E-state index contributed by atoms with van der Waals surface area (Å²) in [5.41, 5.74) is 2.33. The van der Waals surface area contributed by atoms with Crippen LogP contribution in [0.1, 0.15) is 16.1 Å². The van der Waals surface area contributed by atoms with Crippen LogP contribution in [0.3, 0.4) is 0 Å². The zero-order valence-corrected chi connectivity index (χ0v) is 15.6. The molecule has 1 fully saturated rings. The standard InChI is InChI=1S/C21H20ClN3O2/c22-18-7-3-1-5-16(18)21(27)25-11-9-24(10-12-25)14-15-13-20(26)17-6-2-4-8-19(17)23-15/h1-8,13H,9-12,14H2,(H,23,26). The van der Waals surface area contributed by atoms with Gasteiger partial charge in [-0.1, -0.05) is 35.9 Å². The van der Waals surface area contributed by atoms with Gasteiger partial charge in [0, 0.05) is 55.4 Å². The maximum Gasteiger partial charge on any atom is 0.255 e. The first-order chi connectivity index (χ1) is 13.1. The minimum absolute atomic E-state index is 0.0284. The van der Waals surface area contributed by atoms with Gasteiger partial charge in [-0.3, -0.25) is 14.5 Å². The molecule has 2 aromatic carbocycles. The van der Waals surface area contributed by atoms with E-state index in [1.807, 2.05) is 41.3 Å². The summed E-state index contributed by atoms with van der Waals surface area (Å²) in [5.74, 6) is -0.0284. The van der Waals surface area contributed by atoms with E-state index in [0.717, 1.165) is 24.3 Å². The molecule has 0 spiro atoms. The number of fused-ring (bicyclic) bond motifs is 1. The average molecular weight is 382 g/mol. The van der Waals surface area contributed by atoms with E-state index in [4.69, 9.17) is 11.6 Å². The number of hydrogen-bond acceptors (Lipinski definition) is 3. The molecule has 0 saturated carbocycles. The van der Waals surface area contributed by atoms with Gasteiger partial charge in [0.05, 0.1) is 10.6 Å². The predicted molar refractivity (Wildman–Crippen MR) is 107 cm³/mol. The van der Waals surface area contributed by atoms with Crippen LogP contribution in [0.25, 0.3) is 10.9 Å². The van der Waals surface area contributed by atoms with Gasteiger partial charge in [0.2, 0.25) is 0 Å². The number of nitrogens with zero attached hydrogens (tertiary/aromatic N) is 2. The fraction of sp³-hybridized carbons (Fsp3) is 0.238. The maximum atomic E-state index is 12.7. The largest absolute Gasteiger partial charge is 0.357 e. The summed E-state index contributed by atoms with van der Waals surface area (Å²) in [5, 5.41) is 1.19. The number of H-pyrrole nitrogens is 1. The molecule has 1 aromatic heterocycles. The van der Waals surface area contributed by atoms with Gasteiger partial charge in [0.15, 0.2) is 5.43 Å². The first kappa shape index (κ1) is 17.8. The van der Waals surface area contributed by atoms with Crippen molar-refractivity contribution in [2.24, 2.45) is 0 Å². The van der Waals surface area contributed by atoms with Crippen molar-refractivity contribution in [2.75, 3.05) is 26.2 Å². The smallest absolute Gasteiger partial charge is 0.255 e. The number of carbonyl (C=O) groups excluding carboxylic acids is 1. The summed E-state index contributed by atoms with van der Waals surface area (Å²) in [7, 11) is 0. The lowest BCUT2D eigenvalue weighted by molar-refractivity contribution is 0.0627. The molecule has 3 aromatic rings. The van der Waals surface area contributed by atoms with Crippen LogP contribution in [0.4, 0.5) is 0 Å². The lowest BCUT2D eigenvalue weighted by atomic mass is 10.1. The first-order valence-corrected chi connectivity index (χ1v) is 9.37. The molecule has 5 nitrogen and oxygen atoms in total. The molecule has 1 amide bonds. The zero-order chi connectivity index (χ0) is 18.8. The maximum absolute atomic E-state index is 12.7. The van der Waals surface area contributed by atoms with Crippen LogP contribution < -0.4 is 5.43 Å². The lowest BCUT2D eigenvalue weighted by Crippen LogP contribution is -2.48. The number of halogens is 1. The third-order valence-corrected chi connectivity index (χ3v) is 5.28. The minimum Gasteiger partial charge on any atom is -0.357 e. The number of piperazine rings is 1. The minimum atomic E-state index is -0.0284. The van der Waals surface area contributed by atoms with Crippen molar-refractivity contribution < 1.29 is 4.79 Å². The summed E-state index contributed by atoms with van der Waals surface area (Å²) in [4.78, 5) is 32.3. The molecule has 1 saturated heterocycles. The van der Waals surface area contributed by atoms with Crippen molar-refractivity contribution in [1.29, 1.82) is 0 Å². The molecular weight excluding hydrogens is 362 g/mol. The molecule has 4 rings (SSSR count). The van der Waals surface area contributed by atoms with Crippen LogP contribution >= 0.6 is 11.6 Å². The van der Waals surface area contributed by atoms with Crippen LogP contribution in [-0.4, -0.2) is 46.9 Å². The Morgan fingerprint density at radius 3 is 2.48 bits per heavy atom. The van der Waals surface area contributed by atoms with Gasteiger partial charge in [-0.25, -0.2) is 0 Å². The number of pyridine rings is 1. The van der Waals surface area contributed by atoms with Gasteiger partial charge in [-0.2, -0.15) is 0 Å². The number of para-hydroxylation sites is 1. The van der Waals surface area contributed by atoms with E-state index in [0.29, 0.717) is 35.6 Å². The van der Waals surface area contributed by atoms with Gasteiger partial charge in [-0.15, -0.1) is 0 Å². The van der Waals surface area contributed by atoms with E-state index in [9.17, 15) is 9.59 Å². The summed E-state index contributed by atoms with van der Waals surface area (Å²) in [6.07, 6.45) is 0. The Bertz CT molecular complexity index is 1040. The molecule has 0 atom stereocenters. The Kier molecular flexibility index (Phi) is 4.97. The van der Waals surface area contributed by atoms with Crippen LogP contribution in [0.15, 0.2) is 59.4 Å². The van der Waals surface area contributed by atoms with E-state index in [2.05, 4.69) is 9.88 Å². The number of rotatable bonds is 3. The molecule has 0 radical (unpaired) electrons. The van der Waals surface area contributed by atoms with Crippen molar-refractivity contribution in [2.45, 2.75) is 6.54 Å². The number of aromatic amines is 1. The van der Waals surface area contributed by atoms with Crippen LogP contribution in [0, 0.1) is 0 Å². The van der Waals surface area contributed by atoms with Crippen molar-refractivity contribution >= 4 is 28.4 Å². The normalized spacial score (nSPS) is 15.2. The molecular formula is C21H20ClN3O2. The second-order valence-electron chi connectivity index (χ2n) is 6.75. The highest BCUT2D eigenvalue weighted by Crippen LogP contribution is 2.18. The van der Waals surface area contributed by atoms with E-state index in [-0.39, 0.29) is 11.3 Å². The van der Waals surface area contributed by atoms with Crippen LogP contribution in [0.2, 0.25) is 5.02 Å². The number of benzene rings is 2. The molecule has 1 aliphatic heterocycles. The Morgan fingerprint density at radius 1 is 1.00 bits per heavy atom. The Labute approximate surface area is 162 Å². The number of amides is 1.